The van der Waals surface area contributed by atoms with Gasteiger partial charge in [-0.25, -0.2) is 4.98 Å². The summed E-state index contributed by atoms with van der Waals surface area (Å²) < 4.78 is 2.13. The lowest BCUT2D eigenvalue weighted by Crippen LogP contribution is -1.97. The Morgan fingerprint density at radius 2 is 1.82 bits per heavy atom. The first-order valence-corrected chi connectivity index (χ1v) is 5.63. The van der Waals surface area contributed by atoms with Crippen molar-refractivity contribution < 1.29 is 0 Å². The van der Waals surface area contributed by atoms with Crippen LogP contribution < -0.4 is 0 Å². The molecule has 17 heavy (non-hydrogen) atoms. The number of aromatic nitrogens is 3. The SMILES string of the molecule is Cc1ccc(-n2c(C)nc3ccccc32)cn1. The van der Waals surface area contributed by atoms with Gasteiger partial charge in [0.25, 0.3) is 0 Å². The minimum Gasteiger partial charge on any atom is -0.295 e. The molecule has 0 saturated carbocycles. The Morgan fingerprint density at radius 3 is 2.59 bits per heavy atom. The molecule has 3 nitrogen and oxygen atoms in total. The highest BCUT2D eigenvalue weighted by Crippen LogP contribution is 2.20. The first-order valence-electron chi connectivity index (χ1n) is 5.63. The maximum Gasteiger partial charge on any atom is 0.111 e. The number of para-hydroxylation sites is 2. The number of rotatable bonds is 1. The number of pyridine rings is 1. The highest BCUT2D eigenvalue weighted by atomic mass is 15.1. The summed E-state index contributed by atoms with van der Waals surface area (Å²) in [5.74, 6) is 0.983. The quantitative estimate of drug-likeness (QED) is 0.634. The van der Waals surface area contributed by atoms with Gasteiger partial charge in [0.05, 0.1) is 22.9 Å². The molecule has 0 fully saturated rings. The molecule has 0 saturated heterocycles. The van der Waals surface area contributed by atoms with Crippen LogP contribution in [0.1, 0.15) is 11.5 Å². The normalized spacial score (nSPS) is 10.9. The number of fused-ring (bicyclic) bond motifs is 1. The van der Waals surface area contributed by atoms with Crippen LogP contribution in [0.15, 0.2) is 42.6 Å². The lowest BCUT2D eigenvalue weighted by Gasteiger charge is -2.06. The van der Waals surface area contributed by atoms with E-state index in [4.69, 9.17) is 0 Å². The van der Waals surface area contributed by atoms with Crippen LogP contribution in [0.5, 0.6) is 0 Å². The summed E-state index contributed by atoms with van der Waals surface area (Å²) in [6, 6.07) is 12.2. The van der Waals surface area contributed by atoms with Crippen LogP contribution in [-0.4, -0.2) is 14.5 Å². The van der Waals surface area contributed by atoms with Crippen LogP contribution in [0.3, 0.4) is 0 Å². The van der Waals surface area contributed by atoms with Gasteiger partial charge in [-0.2, -0.15) is 0 Å². The van der Waals surface area contributed by atoms with E-state index in [1.54, 1.807) is 0 Å². The number of nitrogens with zero attached hydrogens (tertiary/aromatic N) is 3. The average molecular weight is 223 g/mol. The van der Waals surface area contributed by atoms with E-state index in [0.717, 1.165) is 28.2 Å². The smallest absolute Gasteiger partial charge is 0.111 e. The van der Waals surface area contributed by atoms with Crippen molar-refractivity contribution in [2.45, 2.75) is 13.8 Å². The Labute approximate surface area is 99.8 Å². The topological polar surface area (TPSA) is 30.7 Å². The molecule has 0 aliphatic carbocycles. The molecule has 0 amide bonds. The van der Waals surface area contributed by atoms with Gasteiger partial charge >= 0.3 is 0 Å². The summed E-state index contributed by atoms with van der Waals surface area (Å²) in [5.41, 5.74) is 4.22. The average Bonchev–Trinajstić information content (AvgIpc) is 2.66. The monoisotopic (exact) mass is 223 g/mol. The second-order valence-corrected chi connectivity index (χ2v) is 4.14. The maximum atomic E-state index is 4.55. The first-order chi connectivity index (χ1) is 8.25. The van der Waals surface area contributed by atoms with E-state index in [0.29, 0.717) is 0 Å². The summed E-state index contributed by atoms with van der Waals surface area (Å²) in [6.07, 6.45) is 1.89. The number of imidazole rings is 1. The number of benzene rings is 1. The van der Waals surface area contributed by atoms with Gasteiger partial charge in [0.1, 0.15) is 5.82 Å². The first kappa shape index (κ1) is 10.0. The highest BCUT2D eigenvalue weighted by molar-refractivity contribution is 5.78. The molecule has 3 rings (SSSR count). The lowest BCUT2D eigenvalue weighted by molar-refractivity contribution is 0.984. The van der Waals surface area contributed by atoms with Crippen LogP contribution in [0, 0.1) is 13.8 Å². The molecule has 3 heteroatoms. The van der Waals surface area contributed by atoms with Crippen LogP contribution >= 0.6 is 0 Å². The highest BCUT2D eigenvalue weighted by Gasteiger charge is 2.08. The molecule has 0 spiro atoms. The van der Waals surface area contributed by atoms with Crippen LogP contribution in [-0.2, 0) is 0 Å². The summed E-state index contributed by atoms with van der Waals surface area (Å²) >= 11 is 0. The molecule has 0 unspecified atom stereocenters. The standard InChI is InChI=1S/C14H13N3/c1-10-7-8-12(9-15-10)17-11(2)16-13-5-3-4-6-14(13)17/h3-9H,1-2H3. The Morgan fingerprint density at radius 1 is 1.00 bits per heavy atom. The molecule has 0 aliphatic rings. The van der Waals surface area contributed by atoms with E-state index < -0.39 is 0 Å². The molecule has 3 aromatic rings. The Hall–Kier alpha value is -2.16. The van der Waals surface area contributed by atoms with E-state index >= 15 is 0 Å². The summed E-state index contributed by atoms with van der Waals surface area (Å²) in [7, 11) is 0. The van der Waals surface area contributed by atoms with E-state index in [9.17, 15) is 0 Å². The Balaban J connectivity index is 2.29. The molecule has 1 aromatic carbocycles. The largest absolute Gasteiger partial charge is 0.295 e. The van der Waals surface area contributed by atoms with Crippen LogP contribution in [0.4, 0.5) is 0 Å². The van der Waals surface area contributed by atoms with Gasteiger partial charge in [-0.15, -0.1) is 0 Å². The molecule has 2 heterocycles. The van der Waals surface area contributed by atoms with Gasteiger partial charge in [0.2, 0.25) is 0 Å². The van der Waals surface area contributed by atoms with Crippen LogP contribution in [0.25, 0.3) is 16.7 Å². The third-order valence-electron chi connectivity index (χ3n) is 2.88. The molecule has 2 aromatic heterocycles. The van der Waals surface area contributed by atoms with Gasteiger partial charge in [-0.1, -0.05) is 12.1 Å². The van der Waals surface area contributed by atoms with Crippen molar-refractivity contribution >= 4 is 11.0 Å². The summed E-state index contributed by atoms with van der Waals surface area (Å²) in [4.78, 5) is 8.88. The maximum absolute atomic E-state index is 4.55. The molecular weight excluding hydrogens is 210 g/mol. The minimum absolute atomic E-state index is 0.983. The summed E-state index contributed by atoms with van der Waals surface area (Å²) in [5, 5.41) is 0. The zero-order chi connectivity index (χ0) is 11.8. The van der Waals surface area contributed by atoms with Gasteiger partial charge in [0, 0.05) is 5.69 Å². The third-order valence-corrected chi connectivity index (χ3v) is 2.88. The zero-order valence-corrected chi connectivity index (χ0v) is 9.88. The predicted molar refractivity (Wildman–Crippen MR) is 68.3 cm³/mol. The minimum atomic E-state index is 0.983. The number of aryl methyl sites for hydroxylation is 2. The molecule has 0 radical (unpaired) electrons. The van der Waals surface area contributed by atoms with Crippen LogP contribution in [0.2, 0.25) is 0 Å². The van der Waals surface area contributed by atoms with Gasteiger partial charge in [-0.05, 0) is 38.1 Å². The lowest BCUT2D eigenvalue weighted by atomic mass is 10.3. The number of hydrogen-bond donors (Lipinski definition) is 0. The van der Waals surface area contributed by atoms with Gasteiger partial charge in [-0.3, -0.25) is 9.55 Å². The van der Waals surface area contributed by atoms with Crippen molar-refractivity contribution in [3.8, 4) is 5.69 Å². The molecule has 0 aliphatic heterocycles. The fourth-order valence-corrected chi connectivity index (χ4v) is 2.06. The van der Waals surface area contributed by atoms with Crippen molar-refractivity contribution in [3.63, 3.8) is 0 Å². The molecule has 0 atom stereocenters. The Kier molecular flexibility index (Phi) is 2.18. The van der Waals surface area contributed by atoms with Gasteiger partial charge < -0.3 is 0 Å². The second-order valence-electron chi connectivity index (χ2n) is 4.14. The fraction of sp³-hybridized carbons (Fsp3) is 0.143. The fourth-order valence-electron chi connectivity index (χ4n) is 2.06. The number of hydrogen-bond acceptors (Lipinski definition) is 2. The van der Waals surface area contributed by atoms with Crippen molar-refractivity contribution in [2.75, 3.05) is 0 Å². The van der Waals surface area contributed by atoms with Crippen molar-refractivity contribution in [1.82, 2.24) is 14.5 Å². The third kappa shape index (κ3) is 1.60. The molecule has 0 N–H and O–H groups in total. The van der Waals surface area contributed by atoms with Crippen molar-refractivity contribution in [3.05, 3.63) is 54.1 Å². The van der Waals surface area contributed by atoms with E-state index in [2.05, 4.69) is 26.7 Å². The summed E-state index contributed by atoms with van der Waals surface area (Å²) in [6.45, 7) is 4.00. The van der Waals surface area contributed by atoms with Gasteiger partial charge in [0.15, 0.2) is 0 Å². The molecule has 84 valence electrons. The zero-order valence-electron chi connectivity index (χ0n) is 9.88. The van der Waals surface area contributed by atoms with E-state index in [-0.39, 0.29) is 0 Å². The van der Waals surface area contributed by atoms with E-state index in [1.165, 1.54) is 0 Å². The Bertz CT molecular complexity index is 666. The second kappa shape index (κ2) is 3.70. The van der Waals surface area contributed by atoms with E-state index in [1.807, 2.05) is 44.3 Å². The van der Waals surface area contributed by atoms with Crippen molar-refractivity contribution in [1.29, 1.82) is 0 Å². The van der Waals surface area contributed by atoms with Crippen molar-refractivity contribution in [2.24, 2.45) is 0 Å². The molecular formula is C14H13N3. The molecule has 0 bridgehead atoms. The predicted octanol–water partition coefficient (Wildman–Crippen LogP) is 3.04.